The Hall–Kier alpha value is -4.27. The summed E-state index contributed by atoms with van der Waals surface area (Å²) in [5.41, 5.74) is -6.94. The van der Waals surface area contributed by atoms with Crippen LogP contribution >= 0.6 is 58.2 Å². The number of anilines is 1. The van der Waals surface area contributed by atoms with Crippen molar-refractivity contribution >= 4 is 75.8 Å². The average Bonchev–Trinajstić information content (AvgIpc) is 3.12. The number of hydrogen-bond donors (Lipinski definition) is 0. The molecule has 0 saturated carbocycles. The number of rotatable bonds is 12. The van der Waals surface area contributed by atoms with Gasteiger partial charge in [0.05, 0.1) is 34.5 Å². The molecule has 0 atom stereocenters. The van der Waals surface area contributed by atoms with E-state index in [2.05, 4.69) is 4.98 Å². The van der Waals surface area contributed by atoms with Crippen LogP contribution in [0.2, 0.25) is 10.0 Å². The van der Waals surface area contributed by atoms with Gasteiger partial charge in [0.15, 0.2) is 5.75 Å². The Kier molecular flexibility index (Phi) is 16.5. The maximum Gasteiger partial charge on any atom is 0.446 e. The van der Waals surface area contributed by atoms with Gasteiger partial charge in [0.25, 0.3) is 5.91 Å². The Morgan fingerprint density at radius 1 is 0.862 bits per heavy atom. The Morgan fingerprint density at radius 2 is 1.52 bits per heavy atom. The molecule has 3 amide bonds. The van der Waals surface area contributed by atoms with Crippen molar-refractivity contribution in [2.75, 3.05) is 38.2 Å². The number of thioether (sulfide) groups is 1. The number of alkyl halides is 6. The summed E-state index contributed by atoms with van der Waals surface area (Å²) < 4.78 is 138. The Balaban J connectivity index is 0.000000257. The molecule has 0 bridgehead atoms. The molecule has 0 spiro atoms. The second-order valence-electron chi connectivity index (χ2n) is 11.1. The molecular formula is C35H24Cl4F9N3O6S. The van der Waals surface area contributed by atoms with E-state index < -0.39 is 88.0 Å². The standard InChI is InChI=1S/C18H14Cl4F3NO3.C17H10F6N2O3S/c19-13-8-12(27-7-4-15(21)22)9-14(20)17(13)29-6-1-5-28-16-3-2-11(10-26-16)18(23,24)25;18-10-2-1-3-11(19)14(10)15(26)25-8-28-7-24(16(25)27)13-5-4-9(6-12(13)20)29-17(21,22)23/h2-4,8-10H,1,5-7H2;1-6H,7-8H2. The maximum atomic E-state index is 14.3. The van der Waals surface area contributed by atoms with Gasteiger partial charge in [0.2, 0.25) is 5.88 Å². The van der Waals surface area contributed by atoms with Crippen LogP contribution in [-0.4, -0.2) is 60.6 Å². The molecule has 5 rings (SSSR count). The van der Waals surface area contributed by atoms with Crippen LogP contribution in [0, 0.1) is 17.5 Å². The van der Waals surface area contributed by atoms with Gasteiger partial charge in [-0.15, -0.1) is 0 Å². The Morgan fingerprint density at radius 3 is 2.09 bits per heavy atom. The van der Waals surface area contributed by atoms with Crippen molar-refractivity contribution in [3.05, 3.63) is 116 Å². The summed E-state index contributed by atoms with van der Waals surface area (Å²) in [6, 6.07) is 9.03. The Bertz CT molecular complexity index is 2070. The fourth-order valence-electron chi connectivity index (χ4n) is 4.54. The number of carbonyl (C=O) groups excluding carboxylic acids is 2. The number of imide groups is 1. The van der Waals surface area contributed by atoms with Crippen LogP contribution in [0.15, 0.2) is 82.3 Å². The van der Waals surface area contributed by atoms with Gasteiger partial charge in [-0.2, -0.15) is 26.3 Å². The van der Waals surface area contributed by atoms with Gasteiger partial charge in [0, 0.05) is 35.7 Å². The lowest BCUT2D eigenvalue weighted by atomic mass is 10.1. The van der Waals surface area contributed by atoms with Gasteiger partial charge < -0.3 is 18.9 Å². The number of urea groups is 1. The molecule has 0 aliphatic carbocycles. The normalized spacial score (nSPS) is 13.1. The SMILES string of the molecule is FC(F)(F)c1ccc(OCCCOc2c(Cl)cc(OCC=C(Cl)Cl)cc2Cl)nc1.O=C(c1c(F)cccc1F)N1COCN(c2ccc(SC(F)(F)F)cc2F)C1=O. The van der Waals surface area contributed by atoms with Crippen molar-refractivity contribution in [2.45, 2.75) is 23.0 Å². The second kappa shape index (κ2) is 20.6. The zero-order valence-electron chi connectivity index (χ0n) is 28.8. The molecule has 23 heteroatoms. The number of hydrogen-bond acceptors (Lipinski definition) is 8. The van der Waals surface area contributed by atoms with Crippen LogP contribution in [0.4, 0.5) is 50.0 Å². The van der Waals surface area contributed by atoms with Crippen LogP contribution in [0.5, 0.6) is 17.4 Å². The number of aromatic nitrogens is 1. The molecule has 1 fully saturated rings. The molecule has 1 aliphatic heterocycles. The first-order valence-corrected chi connectivity index (χ1v) is 18.2. The molecule has 1 saturated heterocycles. The molecule has 1 aromatic heterocycles. The summed E-state index contributed by atoms with van der Waals surface area (Å²) >= 11 is 22.7. The highest BCUT2D eigenvalue weighted by Gasteiger charge is 2.37. The van der Waals surface area contributed by atoms with E-state index >= 15 is 0 Å². The summed E-state index contributed by atoms with van der Waals surface area (Å²) in [5.74, 6) is -4.17. The minimum absolute atomic E-state index is 0.0795. The van der Waals surface area contributed by atoms with E-state index in [9.17, 15) is 49.1 Å². The molecule has 0 radical (unpaired) electrons. The van der Waals surface area contributed by atoms with Crippen LogP contribution in [0.3, 0.4) is 0 Å². The van der Waals surface area contributed by atoms with Crippen LogP contribution in [0.1, 0.15) is 22.3 Å². The highest BCUT2D eigenvalue weighted by Crippen LogP contribution is 2.39. The molecular weight excluding hydrogens is 903 g/mol. The summed E-state index contributed by atoms with van der Waals surface area (Å²) in [6.07, 6.45) is -1.84. The Labute approximate surface area is 347 Å². The van der Waals surface area contributed by atoms with Crippen LogP contribution < -0.4 is 19.1 Å². The highest BCUT2D eigenvalue weighted by atomic mass is 35.5. The van der Waals surface area contributed by atoms with Gasteiger partial charge in [-0.1, -0.05) is 52.5 Å². The first-order chi connectivity index (χ1) is 27.2. The van der Waals surface area contributed by atoms with Crippen molar-refractivity contribution in [1.29, 1.82) is 0 Å². The third-order valence-electron chi connectivity index (χ3n) is 7.08. The van der Waals surface area contributed by atoms with Gasteiger partial charge in [-0.05, 0) is 54.2 Å². The molecule has 312 valence electrons. The molecule has 9 nitrogen and oxygen atoms in total. The number of carbonyl (C=O) groups is 2. The van der Waals surface area contributed by atoms with E-state index in [-0.39, 0.29) is 46.0 Å². The third kappa shape index (κ3) is 13.4. The van der Waals surface area contributed by atoms with Crippen LogP contribution in [0.25, 0.3) is 0 Å². The molecule has 2 heterocycles. The van der Waals surface area contributed by atoms with Gasteiger partial charge in [-0.25, -0.2) is 27.8 Å². The molecule has 1 aliphatic rings. The lowest BCUT2D eigenvalue weighted by Crippen LogP contribution is -2.53. The van der Waals surface area contributed by atoms with Crippen molar-refractivity contribution in [1.82, 2.24) is 9.88 Å². The van der Waals surface area contributed by atoms with Crippen molar-refractivity contribution < 1.29 is 68.1 Å². The number of halogens is 13. The monoisotopic (exact) mass is 925 g/mol. The smallest absolute Gasteiger partial charge is 0.446 e. The van der Waals surface area contributed by atoms with Crippen LogP contribution in [-0.2, 0) is 10.9 Å². The second-order valence-corrected chi connectivity index (χ2v) is 14.1. The average molecular weight is 927 g/mol. The van der Waals surface area contributed by atoms with E-state index in [1.807, 2.05) is 0 Å². The van der Waals surface area contributed by atoms with Crippen molar-refractivity contribution in [3.8, 4) is 17.4 Å². The van der Waals surface area contributed by atoms with E-state index in [1.165, 1.54) is 18.2 Å². The number of benzene rings is 3. The van der Waals surface area contributed by atoms with Gasteiger partial charge in [-0.3, -0.25) is 9.69 Å². The van der Waals surface area contributed by atoms with E-state index in [0.717, 1.165) is 42.5 Å². The van der Waals surface area contributed by atoms with Crippen molar-refractivity contribution in [3.63, 3.8) is 0 Å². The third-order valence-corrected chi connectivity index (χ3v) is 8.67. The number of ether oxygens (including phenoxy) is 4. The fourth-order valence-corrected chi connectivity index (χ4v) is 5.81. The first-order valence-electron chi connectivity index (χ1n) is 15.9. The minimum Gasteiger partial charge on any atom is -0.490 e. The fraction of sp³-hybridized carbons (Fsp3) is 0.229. The van der Waals surface area contributed by atoms with Gasteiger partial charge >= 0.3 is 17.7 Å². The zero-order chi connectivity index (χ0) is 42.8. The number of pyridine rings is 1. The summed E-state index contributed by atoms with van der Waals surface area (Å²) in [6.45, 7) is -0.633. The van der Waals surface area contributed by atoms with E-state index in [4.69, 9.17) is 65.4 Å². The van der Waals surface area contributed by atoms with E-state index in [0.29, 0.717) is 34.2 Å². The zero-order valence-corrected chi connectivity index (χ0v) is 32.6. The van der Waals surface area contributed by atoms with Crippen molar-refractivity contribution in [2.24, 2.45) is 0 Å². The lowest BCUT2D eigenvalue weighted by Gasteiger charge is -2.34. The summed E-state index contributed by atoms with van der Waals surface area (Å²) in [4.78, 5) is 29.1. The lowest BCUT2D eigenvalue weighted by molar-refractivity contribution is -0.137. The summed E-state index contributed by atoms with van der Waals surface area (Å²) in [7, 11) is 0. The molecule has 4 aromatic rings. The molecule has 58 heavy (non-hydrogen) atoms. The first kappa shape index (κ1) is 46.4. The largest absolute Gasteiger partial charge is 0.490 e. The predicted octanol–water partition coefficient (Wildman–Crippen LogP) is 11.7. The van der Waals surface area contributed by atoms with E-state index in [1.54, 1.807) is 0 Å². The minimum atomic E-state index is -4.63. The maximum absolute atomic E-state index is 14.3. The number of nitrogens with zero attached hydrogens (tertiary/aromatic N) is 3. The molecule has 0 N–H and O–H groups in total. The highest BCUT2D eigenvalue weighted by molar-refractivity contribution is 8.00. The van der Waals surface area contributed by atoms with Gasteiger partial charge in [0.1, 0.15) is 53.3 Å². The summed E-state index contributed by atoms with van der Waals surface area (Å²) in [5, 5.41) is 0.498. The quantitative estimate of drug-likeness (QED) is 0.0788. The number of amides is 3. The predicted molar refractivity (Wildman–Crippen MR) is 196 cm³/mol. The molecule has 0 unspecified atom stereocenters. The topological polar surface area (TPSA) is 90.4 Å². The molecule has 3 aromatic carbocycles.